The third-order valence-corrected chi connectivity index (χ3v) is 3.02. The molecule has 1 saturated heterocycles. The van der Waals surface area contributed by atoms with Crippen LogP contribution in [0.3, 0.4) is 0 Å². The van der Waals surface area contributed by atoms with Crippen molar-refractivity contribution in [2.24, 2.45) is 0 Å². The van der Waals surface area contributed by atoms with Crippen molar-refractivity contribution in [1.29, 1.82) is 0 Å². The summed E-state index contributed by atoms with van der Waals surface area (Å²) >= 11 is 0. The maximum atomic E-state index is 9.01. The zero-order chi connectivity index (χ0) is 11.4. The van der Waals surface area contributed by atoms with E-state index in [0.717, 1.165) is 37.5 Å². The first-order valence-electron chi connectivity index (χ1n) is 5.96. The first kappa shape index (κ1) is 11.6. The van der Waals surface area contributed by atoms with E-state index in [1.165, 1.54) is 6.42 Å². The summed E-state index contributed by atoms with van der Waals surface area (Å²) in [5, 5.41) is 9.01. The molecule has 4 nitrogen and oxygen atoms in total. The molecule has 0 bridgehead atoms. The predicted molar refractivity (Wildman–Crippen MR) is 59.3 cm³/mol. The monoisotopic (exact) mass is 225 g/mol. The van der Waals surface area contributed by atoms with Crippen LogP contribution in [0.4, 0.5) is 0 Å². The number of aromatic nitrogens is 1. The average molecular weight is 225 g/mol. The summed E-state index contributed by atoms with van der Waals surface area (Å²) in [6.45, 7) is 2.88. The molecule has 2 atom stereocenters. The Hall–Kier alpha value is -0.870. The van der Waals surface area contributed by atoms with Gasteiger partial charge < -0.3 is 14.3 Å². The summed E-state index contributed by atoms with van der Waals surface area (Å²) in [7, 11) is 0. The van der Waals surface area contributed by atoms with E-state index in [1.54, 1.807) is 6.26 Å². The minimum absolute atomic E-state index is 0.0461. The van der Waals surface area contributed by atoms with Gasteiger partial charge in [0.25, 0.3) is 0 Å². The molecule has 0 radical (unpaired) electrons. The van der Waals surface area contributed by atoms with Gasteiger partial charge in [-0.05, 0) is 19.3 Å². The molecule has 2 heterocycles. The second-order valence-corrected chi connectivity index (χ2v) is 4.44. The fourth-order valence-electron chi connectivity index (χ4n) is 1.90. The SMILES string of the molecule is CC(CO)c1coc(CC2CCCCO2)n1. The number of aliphatic hydroxyl groups excluding tert-OH is 1. The number of ether oxygens (including phenoxy) is 1. The Bertz CT molecular complexity index is 318. The highest BCUT2D eigenvalue weighted by atomic mass is 16.5. The lowest BCUT2D eigenvalue weighted by Gasteiger charge is -2.20. The number of rotatable bonds is 4. The van der Waals surface area contributed by atoms with Crippen molar-refractivity contribution in [2.45, 2.75) is 44.6 Å². The van der Waals surface area contributed by atoms with Crippen LogP contribution in [0.25, 0.3) is 0 Å². The van der Waals surface area contributed by atoms with E-state index in [9.17, 15) is 0 Å². The van der Waals surface area contributed by atoms with Gasteiger partial charge >= 0.3 is 0 Å². The Morgan fingerprint density at radius 3 is 3.12 bits per heavy atom. The molecule has 2 unspecified atom stereocenters. The molecule has 2 rings (SSSR count). The highest BCUT2D eigenvalue weighted by Crippen LogP contribution is 2.19. The second kappa shape index (κ2) is 5.46. The summed E-state index contributed by atoms with van der Waals surface area (Å²) in [5.74, 6) is 0.770. The highest BCUT2D eigenvalue weighted by Gasteiger charge is 2.18. The number of hydrogen-bond donors (Lipinski definition) is 1. The fourth-order valence-corrected chi connectivity index (χ4v) is 1.90. The third-order valence-electron chi connectivity index (χ3n) is 3.02. The van der Waals surface area contributed by atoms with Gasteiger partial charge in [0, 0.05) is 12.5 Å². The van der Waals surface area contributed by atoms with Crippen LogP contribution >= 0.6 is 0 Å². The zero-order valence-electron chi connectivity index (χ0n) is 9.69. The lowest BCUT2D eigenvalue weighted by molar-refractivity contribution is 0.0132. The molecule has 1 aliphatic rings. The molecule has 16 heavy (non-hydrogen) atoms. The van der Waals surface area contributed by atoms with Crippen LogP contribution in [0.5, 0.6) is 0 Å². The molecule has 0 spiro atoms. The Kier molecular flexibility index (Phi) is 3.96. The van der Waals surface area contributed by atoms with Gasteiger partial charge in [0.05, 0.1) is 24.8 Å². The van der Waals surface area contributed by atoms with Crippen molar-refractivity contribution in [1.82, 2.24) is 4.98 Å². The van der Waals surface area contributed by atoms with Crippen LogP contribution in [0, 0.1) is 0 Å². The number of nitrogens with zero attached hydrogens (tertiary/aromatic N) is 1. The molecule has 0 aliphatic carbocycles. The third kappa shape index (κ3) is 2.83. The topological polar surface area (TPSA) is 55.5 Å². The first-order valence-corrected chi connectivity index (χ1v) is 5.96. The lowest BCUT2D eigenvalue weighted by Crippen LogP contribution is -2.21. The average Bonchev–Trinajstić information content (AvgIpc) is 2.78. The molecule has 90 valence electrons. The normalized spacial score (nSPS) is 23.2. The second-order valence-electron chi connectivity index (χ2n) is 4.44. The predicted octanol–water partition coefficient (Wildman–Crippen LogP) is 1.88. The van der Waals surface area contributed by atoms with Crippen molar-refractivity contribution in [3.63, 3.8) is 0 Å². The minimum atomic E-state index is 0.0461. The van der Waals surface area contributed by atoms with E-state index in [0.29, 0.717) is 0 Å². The highest BCUT2D eigenvalue weighted by molar-refractivity contribution is 5.03. The standard InChI is InChI=1S/C12H19NO3/c1-9(7-14)11-8-16-12(13-11)6-10-4-2-3-5-15-10/h8-10,14H,2-7H2,1H3. The van der Waals surface area contributed by atoms with Crippen LogP contribution in [0.15, 0.2) is 10.7 Å². The van der Waals surface area contributed by atoms with Gasteiger partial charge in [0.2, 0.25) is 0 Å². The largest absolute Gasteiger partial charge is 0.449 e. The van der Waals surface area contributed by atoms with E-state index in [1.807, 2.05) is 6.92 Å². The quantitative estimate of drug-likeness (QED) is 0.850. The summed E-state index contributed by atoms with van der Waals surface area (Å²) in [6.07, 6.45) is 6.12. The minimum Gasteiger partial charge on any atom is -0.449 e. The maximum absolute atomic E-state index is 9.01. The molecule has 1 fully saturated rings. The van der Waals surface area contributed by atoms with Gasteiger partial charge in [0.15, 0.2) is 5.89 Å². The Morgan fingerprint density at radius 1 is 1.56 bits per heavy atom. The number of hydrogen-bond acceptors (Lipinski definition) is 4. The summed E-state index contributed by atoms with van der Waals surface area (Å²) in [6, 6.07) is 0. The molecule has 1 aromatic rings. The molecule has 1 aliphatic heterocycles. The van der Waals surface area contributed by atoms with Gasteiger partial charge in [-0.2, -0.15) is 0 Å². The van der Waals surface area contributed by atoms with Crippen molar-refractivity contribution < 1.29 is 14.3 Å². The molecule has 0 aromatic carbocycles. The fraction of sp³-hybridized carbons (Fsp3) is 0.750. The van der Waals surface area contributed by atoms with Gasteiger partial charge in [-0.1, -0.05) is 6.92 Å². The summed E-state index contributed by atoms with van der Waals surface area (Å²) in [4.78, 5) is 4.37. The molecule has 1 N–H and O–H groups in total. The van der Waals surface area contributed by atoms with Crippen molar-refractivity contribution in [3.05, 3.63) is 17.8 Å². The van der Waals surface area contributed by atoms with Gasteiger partial charge in [-0.15, -0.1) is 0 Å². The van der Waals surface area contributed by atoms with Gasteiger partial charge in [0.1, 0.15) is 6.26 Å². The number of aliphatic hydroxyl groups is 1. The van der Waals surface area contributed by atoms with E-state index < -0.39 is 0 Å². The van der Waals surface area contributed by atoms with Crippen LogP contribution in [-0.2, 0) is 11.2 Å². The van der Waals surface area contributed by atoms with Crippen molar-refractivity contribution >= 4 is 0 Å². The van der Waals surface area contributed by atoms with E-state index in [2.05, 4.69) is 4.98 Å². The molecule has 0 saturated carbocycles. The zero-order valence-corrected chi connectivity index (χ0v) is 9.69. The van der Waals surface area contributed by atoms with E-state index in [4.69, 9.17) is 14.3 Å². The van der Waals surface area contributed by atoms with Crippen molar-refractivity contribution in [2.75, 3.05) is 13.2 Å². The van der Waals surface area contributed by atoms with Crippen LogP contribution < -0.4 is 0 Å². The Balaban J connectivity index is 1.91. The van der Waals surface area contributed by atoms with E-state index >= 15 is 0 Å². The lowest BCUT2D eigenvalue weighted by atomic mass is 10.1. The maximum Gasteiger partial charge on any atom is 0.196 e. The summed E-state index contributed by atoms with van der Waals surface area (Å²) in [5.41, 5.74) is 0.827. The molecular weight excluding hydrogens is 206 g/mol. The van der Waals surface area contributed by atoms with Crippen molar-refractivity contribution in [3.8, 4) is 0 Å². The van der Waals surface area contributed by atoms with Crippen LogP contribution in [0.2, 0.25) is 0 Å². The first-order chi connectivity index (χ1) is 7.79. The summed E-state index contributed by atoms with van der Waals surface area (Å²) < 4.78 is 11.0. The van der Waals surface area contributed by atoms with Gasteiger partial charge in [-0.3, -0.25) is 0 Å². The number of oxazole rings is 1. The molecule has 0 amide bonds. The van der Waals surface area contributed by atoms with Crippen LogP contribution in [-0.4, -0.2) is 29.4 Å². The molecular formula is C12H19NO3. The van der Waals surface area contributed by atoms with Gasteiger partial charge in [-0.25, -0.2) is 4.98 Å². The molecule has 1 aromatic heterocycles. The smallest absolute Gasteiger partial charge is 0.196 e. The van der Waals surface area contributed by atoms with E-state index in [-0.39, 0.29) is 18.6 Å². The van der Waals surface area contributed by atoms with Crippen LogP contribution in [0.1, 0.15) is 43.7 Å². The Morgan fingerprint density at radius 2 is 2.44 bits per heavy atom. The molecule has 4 heteroatoms. The Labute approximate surface area is 95.6 Å².